The molecular weight excluding hydrogens is 284 g/mol. The fraction of sp³-hybridized carbons (Fsp3) is 0.176. The molecule has 0 aromatic heterocycles. The van der Waals surface area contributed by atoms with Crippen LogP contribution in [-0.2, 0) is 6.42 Å². The third kappa shape index (κ3) is 3.14. The van der Waals surface area contributed by atoms with E-state index in [1.54, 1.807) is 24.3 Å². The Labute approximate surface area is 128 Å². The number of nitrogens with zero attached hydrogens (tertiary/aromatic N) is 1. The summed E-state index contributed by atoms with van der Waals surface area (Å²) >= 11 is 5.89. The van der Waals surface area contributed by atoms with Crippen LogP contribution in [0.3, 0.4) is 0 Å². The van der Waals surface area contributed by atoms with Gasteiger partial charge in [-0.05, 0) is 43.0 Å². The first kappa shape index (κ1) is 13.8. The molecule has 0 saturated carbocycles. The highest BCUT2D eigenvalue weighted by Gasteiger charge is 2.15. The Bertz CT molecular complexity index is 709. The number of aryl methyl sites for hydroxylation is 1. The van der Waals surface area contributed by atoms with Crippen molar-refractivity contribution in [3.8, 4) is 0 Å². The van der Waals surface area contributed by atoms with Gasteiger partial charge in [-0.3, -0.25) is 4.79 Å². The molecule has 2 aromatic carbocycles. The van der Waals surface area contributed by atoms with E-state index in [9.17, 15) is 4.79 Å². The van der Waals surface area contributed by atoms with Gasteiger partial charge in [-0.25, -0.2) is 5.43 Å². The largest absolute Gasteiger partial charge is 0.271 e. The molecule has 3 rings (SSSR count). The van der Waals surface area contributed by atoms with Crippen LogP contribution in [0.4, 0.5) is 0 Å². The standard InChI is InChI=1S/C17H15ClN2O/c18-14-8-3-7-13(11-14)17(21)20-19-16-10-4-6-12-5-1-2-9-15(12)16/h1-3,5,7-9,11H,4,6,10H2,(H,20,21)/b19-16+. The summed E-state index contributed by atoms with van der Waals surface area (Å²) < 4.78 is 0. The number of nitrogens with one attached hydrogen (secondary N) is 1. The Morgan fingerprint density at radius 3 is 2.81 bits per heavy atom. The molecule has 0 heterocycles. The van der Waals surface area contributed by atoms with Gasteiger partial charge in [0.2, 0.25) is 0 Å². The lowest BCUT2D eigenvalue weighted by atomic mass is 9.90. The van der Waals surface area contributed by atoms with Crippen molar-refractivity contribution in [3.05, 3.63) is 70.2 Å². The van der Waals surface area contributed by atoms with Crippen LogP contribution in [0.5, 0.6) is 0 Å². The van der Waals surface area contributed by atoms with E-state index in [1.165, 1.54) is 5.56 Å². The lowest BCUT2D eigenvalue weighted by Gasteiger charge is -2.17. The first-order valence-corrected chi connectivity index (χ1v) is 7.32. The fourth-order valence-electron chi connectivity index (χ4n) is 2.53. The Morgan fingerprint density at radius 1 is 1.10 bits per heavy atom. The number of amides is 1. The van der Waals surface area contributed by atoms with Gasteiger partial charge in [0.05, 0.1) is 5.71 Å². The van der Waals surface area contributed by atoms with Gasteiger partial charge >= 0.3 is 0 Å². The van der Waals surface area contributed by atoms with Crippen LogP contribution in [0.15, 0.2) is 53.6 Å². The summed E-state index contributed by atoms with van der Waals surface area (Å²) in [5.41, 5.74) is 6.50. The van der Waals surface area contributed by atoms with Crippen molar-refractivity contribution in [2.45, 2.75) is 19.3 Å². The number of hydrogen-bond acceptors (Lipinski definition) is 2. The highest BCUT2D eigenvalue weighted by atomic mass is 35.5. The van der Waals surface area contributed by atoms with E-state index in [2.05, 4.69) is 22.7 Å². The summed E-state index contributed by atoms with van der Waals surface area (Å²) in [6, 6.07) is 15.0. The van der Waals surface area contributed by atoms with E-state index in [0.717, 1.165) is 30.5 Å². The number of carbonyl (C=O) groups excluding carboxylic acids is 1. The molecule has 0 unspecified atom stereocenters. The second kappa shape index (κ2) is 6.10. The molecule has 0 bridgehead atoms. The van der Waals surface area contributed by atoms with E-state index in [4.69, 9.17) is 11.6 Å². The normalized spacial score (nSPS) is 15.6. The van der Waals surface area contributed by atoms with E-state index in [-0.39, 0.29) is 5.91 Å². The molecule has 0 saturated heterocycles. The SMILES string of the molecule is O=C(N/N=C1\CCCc2ccccc21)c1cccc(Cl)c1. The Balaban J connectivity index is 1.79. The van der Waals surface area contributed by atoms with E-state index in [0.29, 0.717) is 10.6 Å². The molecule has 21 heavy (non-hydrogen) atoms. The molecule has 0 radical (unpaired) electrons. The van der Waals surface area contributed by atoms with Crippen molar-refractivity contribution >= 4 is 23.2 Å². The van der Waals surface area contributed by atoms with Crippen molar-refractivity contribution in [1.29, 1.82) is 0 Å². The third-order valence-electron chi connectivity index (χ3n) is 3.57. The van der Waals surface area contributed by atoms with Gasteiger partial charge in [-0.15, -0.1) is 0 Å². The minimum atomic E-state index is -0.243. The van der Waals surface area contributed by atoms with E-state index in [1.807, 2.05) is 12.1 Å². The molecule has 0 aliphatic heterocycles. The van der Waals surface area contributed by atoms with E-state index < -0.39 is 0 Å². The molecule has 0 atom stereocenters. The first-order chi connectivity index (χ1) is 10.2. The molecule has 0 spiro atoms. The van der Waals surface area contributed by atoms with Crippen LogP contribution in [-0.4, -0.2) is 11.6 Å². The predicted octanol–water partition coefficient (Wildman–Crippen LogP) is 3.81. The van der Waals surface area contributed by atoms with Crippen LogP contribution in [0.2, 0.25) is 5.02 Å². The number of halogens is 1. The Hall–Kier alpha value is -2.13. The molecule has 4 heteroatoms. The quantitative estimate of drug-likeness (QED) is 0.842. The van der Waals surface area contributed by atoms with Crippen molar-refractivity contribution < 1.29 is 4.79 Å². The molecule has 1 aliphatic rings. The van der Waals surface area contributed by atoms with E-state index >= 15 is 0 Å². The topological polar surface area (TPSA) is 41.5 Å². The van der Waals surface area contributed by atoms with Gasteiger partial charge in [-0.1, -0.05) is 41.9 Å². The summed E-state index contributed by atoms with van der Waals surface area (Å²) in [5.74, 6) is -0.243. The minimum Gasteiger partial charge on any atom is -0.267 e. The zero-order valence-corrected chi connectivity index (χ0v) is 12.2. The van der Waals surface area contributed by atoms with Crippen molar-refractivity contribution in [2.24, 2.45) is 5.10 Å². The van der Waals surface area contributed by atoms with Crippen LogP contribution in [0.1, 0.15) is 34.3 Å². The number of carbonyl (C=O) groups is 1. The number of benzene rings is 2. The fourth-order valence-corrected chi connectivity index (χ4v) is 2.72. The predicted molar refractivity (Wildman–Crippen MR) is 84.8 cm³/mol. The van der Waals surface area contributed by atoms with Crippen molar-refractivity contribution in [2.75, 3.05) is 0 Å². The zero-order chi connectivity index (χ0) is 14.7. The maximum absolute atomic E-state index is 12.1. The summed E-state index contributed by atoms with van der Waals surface area (Å²) in [7, 11) is 0. The van der Waals surface area contributed by atoms with Gasteiger partial charge in [0.25, 0.3) is 5.91 Å². The van der Waals surface area contributed by atoms with Crippen LogP contribution in [0, 0.1) is 0 Å². The molecule has 2 aromatic rings. The average molecular weight is 299 g/mol. The van der Waals surface area contributed by atoms with Crippen LogP contribution >= 0.6 is 11.6 Å². The van der Waals surface area contributed by atoms with Crippen molar-refractivity contribution in [3.63, 3.8) is 0 Å². The second-order valence-corrected chi connectivity index (χ2v) is 5.46. The molecule has 3 nitrogen and oxygen atoms in total. The number of hydrogen-bond donors (Lipinski definition) is 1. The molecular formula is C17H15ClN2O. The maximum Gasteiger partial charge on any atom is 0.271 e. The molecule has 1 aliphatic carbocycles. The lowest BCUT2D eigenvalue weighted by molar-refractivity contribution is 0.0954. The molecule has 1 amide bonds. The summed E-state index contributed by atoms with van der Waals surface area (Å²) in [4.78, 5) is 12.1. The molecule has 106 valence electrons. The first-order valence-electron chi connectivity index (χ1n) is 6.95. The van der Waals surface area contributed by atoms with Crippen LogP contribution < -0.4 is 5.43 Å². The van der Waals surface area contributed by atoms with Gasteiger partial charge in [0.15, 0.2) is 0 Å². The third-order valence-corrected chi connectivity index (χ3v) is 3.80. The van der Waals surface area contributed by atoms with Gasteiger partial charge < -0.3 is 0 Å². The highest BCUT2D eigenvalue weighted by molar-refractivity contribution is 6.30. The minimum absolute atomic E-state index is 0.243. The molecule has 0 fully saturated rings. The average Bonchev–Trinajstić information content (AvgIpc) is 2.52. The van der Waals surface area contributed by atoms with Gasteiger partial charge in [0.1, 0.15) is 0 Å². The number of fused-ring (bicyclic) bond motifs is 1. The smallest absolute Gasteiger partial charge is 0.267 e. The number of hydrazone groups is 1. The summed E-state index contributed by atoms with van der Waals surface area (Å²) in [6.45, 7) is 0. The Morgan fingerprint density at radius 2 is 1.95 bits per heavy atom. The zero-order valence-electron chi connectivity index (χ0n) is 11.5. The van der Waals surface area contributed by atoms with Crippen molar-refractivity contribution in [1.82, 2.24) is 5.43 Å². The summed E-state index contributed by atoms with van der Waals surface area (Å²) in [5, 5.41) is 4.84. The Kier molecular flexibility index (Phi) is 4.02. The van der Waals surface area contributed by atoms with Gasteiger partial charge in [0, 0.05) is 16.1 Å². The van der Waals surface area contributed by atoms with Crippen LogP contribution in [0.25, 0.3) is 0 Å². The highest BCUT2D eigenvalue weighted by Crippen LogP contribution is 2.21. The lowest BCUT2D eigenvalue weighted by Crippen LogP contribution is -2.22. The second-order valence-electron chi connectivity index (χ2n) is 5.02. The summed E-state index contributed by atoms with van der Waals surface area (Å²) in [6.07, 6.45) is 3.01. The number of rotatable bonds is 2. The monoisotopic (exact) mass is 298 g/mol. The van der Waals surface area contributed by atoms with Gasteiger partial charge in [-0.2, -0.15) is 5.10 Å². The maximum atomic E-state index is 12.1. The molecule has 1 N–H and O–H groups in total.